The zero-order valence-electron chi connectivity index (χ0n) is 10.9. The number of hydrogen-bond donors (Lipinski definition) is 0. The van der Waals surface area contributed by atoms with Crippen molar-refractivity contribution in [2.24, 2.45) is 0 Å². The van der Waals surface area contributed by atoms with Crippen molar-refractivity contribution in [2.45, 2.75) is 13.8 Å². The van der Waals surface area contributed by atoms with E-state index in [9.17, 15) is 9.59 Å². The van der Waals surface area contributed by atoms with E-state index in [1.165, 1.54) is 4.90 Å². The second-order valence-corrected chi connectivity index (χ2v) is 4.92. The lowest BCUT2D eigenvalue weighted by Crippen LogP contribution is -2.27. The zero-order valence-corrected chi connectivity index (χ0v) is 11.7. The predicted molar refractivity (Wildman–Crippen MR) is 76.0 cm³/mol. The molecule has 0 aliphatic carbocycles. The van der Waals surface area contributed by atoms with Gasteiger partial charge in [-0.15, -0.1) is 0 Å². The van der Waals surface area contributed by atoms with Crippen molar-refractivity contribution >= 4 is 29.0 Å². The van der Waals surface area contributed by atoms with Crippen LogP contribution in [-0.4, -0.2) is 29.2 Å². The van der Waals surface area contributed by atoms with Crippen molar-refractivity contribution in [2.75, 3.05) is 13.2 Å². The number of imide groups is 1. The Morgan fingerprint density at radius 1 is 1.32 bits per heavy atom. The number of rotatable bonds is 4. The Morgan fingerprint density at radius 2 is 2.11 bits per heavy atom. The maximum absolute atomic E-state index is 11.9. The maximum Gasteiger partial charge on any atom is 0.293 e. The van der Waals surface area contributed by atoms with E-state index in [1.807, 2.05) is 31.2 Å². The minimum absolute atomic E-state index is 0.209. The van der Waals surface area contributed by atoms with Crippen LogP contribution in [0.3, 0.4) is 0 Å². The van der Waals surface area contributed by atoms with E-state index in [2.05, 4.69) is 0 Å². The summed E-state index contributed by atoms with van der Waals surface area (Å²) in [4.78, 5) is 25.2. The molecule has 0 aromatic heterocycles. The van der Waals surface area contributed by atoms with E-state index in [0.717, 1.165) is 23.1 Å². The highest BCUT2D eigenvalue weighted by molar-refractivity contribution is 8.18. The van der Waals surface area contributed by atoms with Crippen LogP contribution < -0.4 is 4.74 Å². The monoisotopic (exact) mass is 277 g/mol. The molecule has 1 aliphatic rings. The number of carbonyl (C=O) groups is 2. The molecule has 0 unspecified atom stereocenters. The fourth-order valence-electron chi connectivity index (χ4n) is 1.78. The molecule has 1 aliphatic heterocycles. The third kappa shape index (κ3) is 2.98. The van der Waals surface area contributed by atoms with Crippen LogP contribution in [0.4, 0.5) is 4.79 Å². The van der Waals surface area contributed by atoms with Crippen LogP contribution in [0.2, 0.25) is 0 Å². The Bertz CT molecular complexity index is 539. The van der Waals surface area contributed by atoms with Gasteiger partial charge in [0.25, 0.3) is 11.1 Å². The van der Waals surface area contributed by atoms with Crippen LogP contribution in [0.25, 0.3) is 6.08 Å². The van der Waals surface area contributed by atoms with Crippen LogP contribution >= 0.6 is 11.8 Å². The van der Waals surface area contributed by atoms with Gasteiger partial charge in [0, 0.05) is 6.54 Å². The molecule has 1 aromatic carbocycles. The number of benzene rings is 1. The molecule has 0 N–H and O–H groups in total. The van der Waals surface area contributed by atoms with Crippen LogP contribution in [0, 0.1) is 0 Å². The molecule has 2 rings (SSSR count). The summed E-state index contributed by atoms with van der Waals surface area (Å²) in [7, 11) is 0. The summed E-state index contributed by atoms with van der Waals surface area (Å²) >= 11 is 0.978. The van der Waals surface area contributed by atoms with E-state index in [1.54, 1.807) is 13.0 Å². The summed E-state index contributed by atoms with van der Waals surface area (Å²) in [5.41, 5.74) is 0.854. The molecule has 100 valence electrons. The van der Waals surface area contributed by atoms with Gasteiger partial charge in [0.1, 0.15) is 5.75 Å². The Kier molecular flexibility index (Phi) is 4.27. The molecule has 1 fully saturated rings. The minimum Gasteiger partial charge on any atom is -0.494 e. The first-order valence-corrected chi connectivity index (χ1v) is 6.95. The average molecular weight is 277 g/mol. The molecule has 1 heterocycles. The molecule has 5 heteroatoms. The number of ether oxygens (including phenoxy) is 1. The van der Waals surface area contributed by atoms with Crippen LogP contribution in [0.5, 0.6) is 5.75 Å². The highest BCUT2D eigenvalue weighted by Crippen LogP contribution is 2.32. The van der Waals surface area contributed by atoms with Gasteiger partial charge in [-0.2, -0.15) is 0 Å². The van der Waals surface area contributed by atoms with Gasteiger partial charge < -0.3 is 4.74 Å². The second-order valence-electron chi connectivity index (χ2n) is 3.93. The largest absolute Gasteiger partial charge is 0.494 e. The quantitative estimate of drug-likeness (QED) is 0.793. The molecule has 0 saturated carbocycles. The van der Waals surface area contributed by atoms with Crippen molar-refractivity contribution < 1.29 is 14.3 Å². The molecule has 1 saturated heterocycles. The van der Waals surface area contributed by atoms with Crippen molar-refractivity contribution in [3.8, 4) is 5.75 Å². The first-order chi connectivity index (χ1) is 9.15. The summed E-state index contributed by atoms with van der Waals surface area (Å²) in [6, 6.07) is 7.45. The Labute approximate surface area is 116 Å². The molecule has 0 radical (unpaired) electrons. The molecule has 19 heavy (non-hydrogen) atoms. The van der Waals surface area contributed by atoms with Gasteiger partial charge >= 0.3 is 0 Å². The average Bonchev–Trinajstić information content (AvgIpc) is 2.65. The lowest BCUT2D eigenvalue weighted by molar-refractivity contribution is -0.122. The van der Waals surface area contributed by atoms with Crippen LogP contribution in [0.1, 0.15) is 19.4 Å². The maximum atomic E-state index is 11.9. The van der Waals surface area contributed by atoms with Gasteiger partial charge in [-0.05, 0) is 49.4 Å². The lowest BCUT2D eigenvalue weighted by Gasteiger charge is -2.07. The zero-order chi connectivity index (χ0) is 13.8. The topological polar surface area (TPSA) is 46.6 Å². The SMILES string of the molecule is CCOc1cccc(/C=C2\SC(=O)N(CC)C2=O)c1. The van der Waals surface area contributed by atoms with E-state index in [0.29, 0.717) is 18.1 Å². The molecule has 4 nitrogen and oxygen atoms in total. The minimum atomic E-state index is -0.223. The molecule has 0 spiro atoms. The van der Waals surface area contributed by atoms with Crippen molar-refractivity contribution in [1.82, 2.24) is 4.90 Å². The number of hydrogen-bond acceptors (Lipinski definition) is 4. The standard InChI is InChI=1S/C14H15NO3S/c1-3-15-13(16)12(19-14(15)17)9-10-6-5-7-11(8-10)18-4-2/h5-9H,3-4H2,1-2H3/b12-9-. The van der Waals surface area contributed by atoms with Crippen molar-refractivity contribution in [3.05, 3.63) is 34.7 Å². The third-order valence-corrected chi connectivity index (χ3v) is 3.56. The molecule has 1 aromatic rings. The third-order valence-electron chi connectivity index (χ3n) is 2.66. The second kappa shape index (κ2) is 5.93. The van der Waals surface area contributed by atoms with Gasteiger partial charge in [-0.1, -0.05) is 12.1 Å². The van der Waals surface area contributed by atoms with E-state index in [-0.39, 0.29) is 11.1 Å². The molecular weight excluding hydrogens is 262 g/mol. The van der Waals surface area contributed by atoms with Crippen molar-refractivity contribution in [1.29, 1.82) is 0 Å². The molecular formula is C14H15NO3S. The summed E-state index contributed by atoms with van der Waals surface area (Å²) in [6.45, 7) is 4.70. The Morgan fingerprint density at radius 3 is 2.74 bits per heavy atom. The highest BCUT2D eigenvalue weighted by atomic mass is 32.2. The summed E-state index contributed by atoms with van der Waals surface area (Å²) in [5, 5.41) is -0.209. The first kappa shape index (κ1) is 13.7. The lowest BCUT2D eigenvalue weighted by atomic mass is 10.2. The predicted octanol–water partition coefficient (Wildman–Crippen LogP) is 3.14. The fraction of sp³-hybridized carbons (Fsp3) is 0.286. The normalized spacial score (nSPS) is 17.4. The van der Waals surface area contributed by atoms with Gasteiger partial charge in [0.15, 0.2) is 0 Å². The Hall–Kier alpha value is -1.75. The number of likely N-dealkylation sites (N-methyl/N-ethyl adjacent to an activating group) is 1. The summed E-state index contributed by atoms with van der Waals surface area (Å²) in [6.07, 6.45) is 1.73. The number of amides is 2. The molecule has 0 atom stereocenters. The molecule has 0 bridgehead atoms. The molecule has 2 amide bonds. The highest BCUT2D eigenvalue weighted by Gasteiger charge is 2.33. The first-order valence-electron chi connectivity index (χ1n) is 6.14. The number of thioether (sulfide) groups is 1. The van der Waals surface area contributed by atoms with E-state index in [4.69, 9.17) is 4.74 Å². The smallest absolute Gasteiger partial charge is 0.293 e. The fourth-order valence-corrected chi connectivity index (χ4v) is 2.69. The number of carbonyl (C=O) groups excluding carboxylic acids is 2. The van der Waals surface area contributed by atoms with E-state index >= 15 is 0 Å². The van der Waals surface area contributed by atoms with Crippen molar-refractivity contribution in [3.63, 3.8) is 0 Å². The summed E-state index contributed by atoms with van der Waals surface area (Å²) < 4.78 is 5.40. The summed E-state index contributed by atoms with van der Waals surface area (Å²) in [5.74, 6) is 0.533. The van der Waals surface area contributed by atoms with Gasteiger partial charge in [0.05, 0.1) is 11.5 Å². The Balaban J connectivity index is 2.24. The number of nitrogens with zero attached hydrogens (tertiary/aromatic N) is 1. The van der Waals surface area contributed by atoms with Crippen LogP contribution in [0.15, 0.2) is 29.2 Å². The van der Waals surface area contributed by atoms with Gasteiger partial charge in [-0.3, -0.25) is 14.5 Å². The van der Waals surface area contributed by atoms with Crippen LogP contribution in [-0.2, 0) is 4.79 Å². The van der Waals surface area contributed by atoms with Gasteiger partial charge in [-0.25, -0.2) is 0 Å². The van der Waals surface area contributed by atoms with Gasteiger partial charge in [0.2, 0.25) is 0 Å². The van der Waals surface area contributed by atoms with E-state index < -0.39 is 0 Å².